The van der Waals surface area contributed by atoms with Gasteiger partial charge in [-0.25, -0.2) is 0 Å². The summed E-state index contributed by atoms with van der Waals surface area (Å²) < 4.78 is 0. The van der Waals surface area contributed by atoms with Gasteiger partial charge in [-0.1, -0.05) is 73.5 Å². The molecule has 2 atom stereocenters. The second kappa shape index (κ2) is 11.0. The number of nitrogens with zero attached hydrogens (tertiary/aromatic N) is 1. The highest BCUT2D eigenvalue weighted by Gasteiger charge is 2.35. The maximum absolute atomic E-state index is 12.9. The molecule has 1 N–H and O–H groups in total. The lowest BCUT2D eigenvalue weighted by molar-refractivity contribution is -0.137. The Morgan fingerprint density at radius 2 is 1.48 bits per heavy atom. The van der Waals surface area contributed by atoms with Crippen molar-refractivity contribution >= 4 is 11.8 Å². The second-order valence-corrected chi connectivity index (χ2v) is 10.0. The van der Waals surface area contributed by atoms with Crippen LogP contribution in [0.2, 0.25) is 0 Å². The Kier molecular flexibility index (Phi) is 7.85. The normalized spacial score (nSPS) is 20.7. The Bertz CT molecular complexity index is 870. The summed E-state index contributed by atoms with van der Waals surface area (Å²) in [6.07, 6.45) is 8.89. The van der Waals surface area contributed by atoms with Crippen molar-refractivity contribution in [1.29, 1.82) is 0 Å². The number of carbonyl (C=O) groups is 2. The number of fused-ring (bicyclic) bond motifs is 1. The van der Waals surface area contributed by atoms with E-state index < -0.39 is 0 Å². The van der Waals surface area contributed by atoms with Crippen molar-refractivity contribution in [2.45, 2.75) is 76.2 Å². The van der Waals surface area contributed by atoms with Gasteiger partial charge in [-0.3, -0.25) is 9.59 Å². The van der Waals surface area contributed by atoms with E-state index in [2.05, 4.69) is 41.4 Å². The van der Waals surface area contributed by atoms with E-state index in [4.69, 9.17) is 0 Å². The molecule has 176 valence electrons. The highest BCUT2D eigenvalue weighted by atomic mass is 16.2. The molecule has 2 amide bonds. The van der Waals surface area contributed by atoms with Crippen molar-refractivity contribution in [2.75, 3.05) is 13.1 Å². The molecular weight excluding hydrogens is 408 g/mol. The lowest BCUT2D eigenvalue weighted by atomic mass is 9.76. The molecule has 1 heterocycles. The number of hydrogen-bond acceptors (Lipinski definition) is 2. The fourth-order valence-electron chi connectivity index (χ4n) is 5.82. The average Bonchev–Trinajstić information content (AvgIpc) is 2.88. The fraction of sp³-hybridized carbons (Fsp3) is 0.517. The molecule has 2 unspecified atom stereocenters. The van der Waals surface area contributed by atoms with Gasteiger partial charge in [0.25, 0.3) is 0 Å². The Balaban J connectivity index is 1.29. The largest absolute Gasteiger partial charge is 0.355 e. The lowest BCUT2D eigenvalue weighted by Gasteiger charge is -2.44. The van der Waals surface area contributed by atoms with Crippen LogP contribution in [0.25, 0.3) is 0 Å². The topological polar surface area (TPSA) is 49.4 Å². The van der Waals surface area contributed by atoms with Crippen LogP contribution in [0.1, 0.15) is 75.8 Å². The Morgan fingerprint density at radius 3 is 2.15 bits per heavy atom. The molecule has 4 heteroatoms. The minimum atomic E-state index is -0.308. The van der Waals surface area contributed by atoms with Crippen molar-refractivity contribution in [3.63, 3.8) is 0 Å². The molecule has 0 aromatic heterocycles. The summed E-state index contributed by atoms with van der Waals surface area (Å²) in [6.45, 7) is 3.61. The van der Waals surface area contributed by atoms with Crippen LogP contribution in [0.5, 0.6) is 0 Å². The number of rotatable bonds is 8. The first kappa shape index (κ1) is 23.5. The molecule has 33 heavy (non-hydrogen) atoms. The molecular formula is C29H38N2O2. The lowest BCUT2D eigenvalue weighted by Crippen LogP contribution is -2.49. The standard InChI is InChI=1S/C29H38N2O2/c1-29(24-14-4-2-5-15-24,25-16-6-3-7-17-25)22-30-27(32)19-10-20-28(33)31-21-11-13-23-12-8-9-18-26(23)31/h2-7,14-17,23,26H,8-13,18-22H2,1H3,(H,30,32). The van der Waals surface area contributed by atoms with Crippen molar-refractivity contribution in [1.82, 2.24) is 10.2 Å². The molecule has 0 radical (unpaired) electrons. The molecule has 2 aromatic carbocycles. The van der Waals surface area contributed by atoms with Gasteiger partial charge in [-0.2, -0.15) is 0 Å². The molecule has 0 spiro atoms. The molecule has 2 fully saturated rings. The Morgan fingerprint density at radius 1 is 0.879 bits per heavy atom. The highest BCUT2D eigenvalue weighted by Crippen LogP contribution is 2.35. The zero-order valence-electron chi connectivity index (χ0n) is 20.0. The van der Waals surface area contributed by atoms with Crippen molar-refractivity contribution in [3.8, 4) is 0 Å². The molecule has 4 rings (SSSR count). The Hall–Kier alpha value is -2.62. The first-order valence-corrected chi connectivity index (χ1v) is 12.7. The van der Waals surface area contributed by atoms with Crippen LogP contribution in [0, 0.1) is 5.92 Å². The third kappa shape index (κ3) is 5.66. The number of hydrogen-bond donors (Lipinski definition) is 1. The molecule has 1 saturated carbocycles. The third-order valence-electron chi connectivity index (χ3n) is 7.82. The second-order valence-electron chi connectivity index (χ2n) is 10.0. The van der Waals surface area contributed by atoms with E-state index in [1.807, 2.05) is 36.4 Å². The van der Waals surface area contributed by atoms with Gasteiger partial charge >= 0.3 is 0 Å². The number of likely N-dealkylation sites (tertiary alicyclic amines) is 1. The minimum Gasteiger partial charge on any atom is -0.355 e. The van der Waals surface area contributed by atoms with E-state index in [1.165, 1.54) is 36.8 Å². The molecule has 1 aliphatic heterocycles. The van der Waals surface area contributed by atoms with Gasteiger partial charge < -0.3 is 10.2 Å². The highest BCUT2D eigenvalue weighted by molar-refractivity contribution is 5.79. The van der Waals surface area contributed by atoms with E-state index in [-0.39, 0.29) is 17.2 Å². The quantitative estimate of drug-likeness (QED) is 0.585. The van der Waals surface area contributed by atoms with Crippen LogP contribution < -0.4 is 5.32 Å². The summed E-state index contributed by atoms with van der Waals surface area (Å²) in [5, 5.41) is 3.15. The molecule has 1 aliphatic carbocycles. The van der Waals surface area contributed by atoms with Crippen molar-refractivity contribution in [3.05, 3.63) is 71.8 Å². The molecule has 4 nitrogen and oxygen atoms in total. The number of nitrogens with one attached hydrogen (secondary N) is 1. The number of benzene rings is 2. The van der Waals surface area contributed by atoms with Gasteiger partial charge in [0.1, 0.15) is 0 Å². The summed E-state index contributed by atoms with van der Waals surface area (Å²) in [4.78, 5) is 27.8. The van der Waals surface area contributed by atoms with Crippen molar-refractivity contribution in [2.24, 2.45) is 5.92 Å². The minimum absolute atomic E-state index is 0.0232. The predicted octanol–water partition coefficient (Wildman–Crippen LogP) is 5.46. The van der Waals surface area contributed by atoms with Crippen LogP contribution in [0.3, 0.4) is 0 Å². The molecule has 2 aliphatic rings. The van der Waals surface area contributed by atoms with E-state index >= 15 is 0 Å². The van der Waals surface area contributed by atoms with Crippen molar-refractivity contribution < 1.29 is 9.59 Å². The zero-order chi connectivity index (χ0) is 23.1. The molecule has 2 aromatic rings. The fourth-order valence-corrected chi connectivity index (χ4v) is 5.82. The van der Waals surface area contributed by atoms with E-state index in [9.17, 15) is 9.59 Å². The summed E-state index contributed by atoms with van der Waals surface area (Å²) in [5.74, 6) is 0.973. The summed E-state index contributed by atoms with van der Waals surface area (Å²) in [5.41, 5.74) is 2.05. The Labute approximate surface area is 198 Å². The first-order valence-electron chi connectivity index (χ1n) is 12.7. The number of carbonyl (C=O) groups excluding carboxylic acids is 2. The van der Waals surface area contributed by atoms with Crippen LogP contribution in [-0.2, 0) is 15.0 Å². The molecule has 1 saturated heterocycles. The van der Waals surface area contributed by atoms with Crippen LogP contribution in [0.15, 0.2) is 60.7 Å². The zero-order valence-corrected chi connectivity index (χ0v) is 20.0. The van der Waals surface area contributed by atoms with E-state index in [1.54, 1.807) is 0 Å². The summed E-state index contributed by atoms with van der Waals surface area (Å²) >= 11 is 0. The van der Waals surface area contributed by atoms with Crippen LogP contribution >= 0.6 is 0 Å². The average molecular weight is 447 g/mol. The SMILES string of the molecule is CC(CNC(=O)CCCC(=O)N1CCCC2CCCCC21)(c1ccccc1)c1ccccc1. The summed E-state index contributed by atoms with van der Waals surface area (Å²) in [7, 11) is 0. The van der Waals surface area contributed by atoms with Gasteiger partial charge in [0, 0.05) is 37.4 Å². The van der Waals surface area contributed by atoms with Gasteiger partial charge in [-0.15, -0.1) is 0 Å². The van der Waals surface area contributed by atoms with Crippen LogP contribution in [0.4, 0.5) is 0 Å². The monoisotopic (exact) mass is 446 g/mol. The van der Waals surface area contributed by atoms with Gasteiger partial charge in [-0.05, 0) is 56.1 Å². The first-order chi connectivity index (χ1) is 16.1. The van der Waals surface area contributed by atoms with Gasteiger partial charge in [0.2, 0.25) is 11.8 Å². The van der Waals surface area contributed by atoms with Gasteiger partial charge in [0.15, 0.2) is 0 Å². The van der Waals surface area contributed by atoms with E-state index in [0.29, 0.717) is 37.8 Å². The van der Waals surface area contributed by atoms with Gasteiger partial charge in [0.05, 0.1) is 0 Å². The van der Waals surface area contributed by atoms with Crippen LogP contribution in [-0.4, -0.2) is 35.8 Å². The molecule has 0 bridgehead atoms. The maximum atomic E-state index is 12.9. The maximum Gasteiger partial charge on any atom is 0.222 e. The smallest absolute Gasteiger partial charge is 0.222 e. The number of piperidine rings is 1. The summed E-state index contributed by atoms with van der Waals surface area (Å²) in [6, 6.07) is 21.1. The number of amides is 2. The predicted molar refractivity (Wildman–Crippen MR) is 133 cm³/mol. The van der Waals surface area contributed by atoms with E-state index in [0.717, 1.165) is 19.4 Å². The third-order valence-corrected chi connectivity index (χ3v) is 7.82.